The summed E-state index contributed by atoms with van der Waals surface area (Å²) >= 11 is 5.84. The predicted molar refractivity (Wildman–Crippen MR) is 82.3 cm³/mol. The zero-order chi connectivity index (χ0) is 14.7. The number of hydrogen-bond donors (Lipinski definition) is 0. The molecule has 4 atom stereocenters. The van der Waals surface area contributed by atoms with Gasteiger partial charge in [-0.05, 0) is 62.3 Å². The van der Waals surface area contributed by atoms with Crippen molar-refractivity contribution in [2.75, 3.05) is 0 Å². The van der Waals surface area contributed by atoms with Gasteiger partial charge in [-0.3, -0.25) is 4.79 Å². The first-order valence-electron chi connectivity index (χ1n) is 7.42. The molecule has 0 amide bonds. The topological polar surface area (TPSA) is 26.3 Å². The lowest BCUT2D eigenvalue weighted by Crippen LogP contribution is -2.32. The average Bonchev–Trinajstić information content (AvgIpc) is 2.43. The molecule has 1 aliphatic rings. The molecule has 0 N–H and O–H groups in total. The number of hydrogen-bond acceptors (Lipinski definition) is 2. The highest BCUT2D eigenvalue weighted by molar-refractivity contribution is 6.30. The molecule has 1 fully saturated rings. The molecule has 2 rings (SSSR count). The molecule has 3 heteroatoms. The molecule has 0 radical (unpaired) electrons. The van der Waals surface area contributed by atoms with Gasteiger partial charge in [0.25, 0.3) is 0 Å². The van der Waals surface area contributed by atoms with Crippen LogP contribution in [0.2, 0.25) is 5.02 Å². The van der Waals surface area contributed by atoms with Gasteiger partial charge in [0.05, 0.1) is 6.10 Å². The molecular weight excluding hydrogens is 272 g/mol. The fraction of sp³-hybridized carbons (Fsp3) is 0.588. The smallest absolute Gasteiger partial charge is 0.191 e. The van der Waals surface area contributed by atoms with Crippen LogP contribution in [0.4, 0.5) is 0 Å². The molecular formula is C17H23ClO2. The van der Waals surface area contributed by atoms with Crippen molar-refractivity contribution >= 4 is 17.4 Å². The van der Waals surface area contributed by atoms with E-state index in [9.17, 15) is 4.79 Å². The minimum Gasteiger partial charge on any atom is -0.367 e. The molecule has 0 aliphatic heterocycles. The third-order valence-corrected chi connectivity index (χ3v) is 4.70. The third kappa shape index (κ3) is 3.83. The van der Waals surface area contributed by atoms with Crippen LogP contribution >= 0.6 is 11.6 Å². The highest BCUT2D eigenvalue weighted by atomic mass is 35.5. The normalized spacial score (nSPS) is 28.1. The maximum Gasteiger partial charge on any atom is 0.191 e. The number of rotatable bonds is 4. The van der Waals surface area contributed by atoms with Gasteiger partial charge in [-0.2, -0.15) is 0 Å². The number of carbonyl (C=O) groups excluding carboxylic acids is 1. The summed E-state index contributed by atoms with van der Waals surface area (Å²) in [6, 6.07) is 7.00. The van der Waals surface area contributed by atoms with Crippen LogP contribution in [0.25, 0.3) is 0 Å². The van der Waals surface area contributed by atoms with Crippen LogP contribution < -0.4 is 0 Å². The average molecular weight is 295 g/mol. The summed E-state index contributed by atoms with van der Waals surface area (Å²) < 4.78 is 5.97. The van der Waals surface area contributed by atoms with E-state index in [4.69, 9.17) is 16.3 Å². The zero-order valence-electron chi connectivity index (χ0n) is 12.4. The lowest BCUT2D eigenvalue weighted by Gasteiger charge is -2.33. The summed E-state index contributed by atoms with van der Waals surface area (Å²) in [7, 11) is 0. The van der Waals surface area contributed by atoms with Gasteiger partial charge >= 0.3 is 0 Å². The number of ketones is 1. The first-order valence-corrected chi connectivity index (χ1v) is 7.80. The maximum absolute atomic E-state index is 12.3. The van der Waals surface area contributed by atoms with Gasteiger partial charge in [0, 0.05) is 10.6 Å². The Kier molecular flexibility index (Phi) is 5.22. The van der Waals surface area contributed by atoms with Crippen molar-refractivity contribution in [3.8, 4) is 0 Å². The Labute approximate surface area is 126 Å². The van der Waals surface area contributed by atoms with Crippen molar-refractivity contribution in [2.24, 2.45) is 11.8 Å². The highest BCUT2D eigenvalue weighted by Crippen LogP contribution is 2.31. The van der Waals surface area contributed by atoms with E-state index in [-0.39, 0.29) is 18.0 Å². The summed E-state index contributed by atoms with van der Waals surface area (Å²) in [6.07, 6.45) is 3.13. The van der Waals surface area contributed by atoms with Crippen LogP contribution in [0.15, 0.2) is 24.3 Å². The van der Waals surface area contributed by atoms with Crippen molar-refractivity contribution < 1.29 is 9.53 Å². The van der Waals surface area contributed by atoms with Crippen LogP contribution in [0.5, 0.6) is 0 Å². The van der Waals surface area contributed by atoms with Crippen LogP contribution in [0, 0.1) is 11.8 Å². The Morgan fingerprint density at radius 3 is 2.45 bits per heavy atom. The minimum atomic E-state index is -0.387. The van der Waals surface area contributed by atoms with Gasteiger partial charge in [-0.1, -0.05) is 25.4 Å². The molecule has 0 aromatic heterocycles. The van der Waals surface area contributed by atoms with Gasteiger partial charge in [0.15, 0.2) is 5.78 Å². The zero-order valence-corrected chi connectivity index (χ0v) is 13.2. The van der Waals surface area contributed by atoms with Crippen molar-refractivity contribution in [3.05, 3.63) is 34.9 Å². The van der Waals surface area contributed by atoms with E-state index in [1.807, 2.05) is 6.92 Å². The molecule has 1 aromatic rings. The molecule has 0 heterocycles. The van der Waals surface area contributed by atoms with Crippen molar-refractivity contribution in [1.82, 2.24) is 0 Å². The number of carbonyl (C=O) groups is 1. The third-order valence-electron chi connectivity index (χ3n) is 4.44. The van der Waals surface area contributed by atoms with E-state index in [1.54, 1.807) is 24.3 Å². The lowest BCUT2D eigenvalue weighted by molar-refractivity contribution is -0.0287. The second-order valence-electron chi connectivity index (χ2n) is 6.04. The second-order valence-corrected chi connectivity index (χ2v) is 6.48. The van der Waals surface area contributed by atoms with Gasteiger partial charge in [0.1, 0.15) is 6.10 Å². The molecule has 0 bridgehead atoms. The van der Waals surface area contributed by atoms with Crippen LogP contribution in [-0.4, -0.2) is 18.0 Å². The molecule has 0 saturated heterocycles. The Bertz CT molecular complexity index is 455. The van der Waals surface area contributed by atoms with Crippen LogP contribution in [0.1, 0.15) is 50.4 Å². The van der Waals surface area contributed by atoms with Gasteiger partial charge in [-0.25, -0.2) is 0 Å². The fourth-order valence-corrected chi connectivity index (χ4v) is 2.95. The summed E-state index contributed by atoms with van der Waals surface area (Å²) in [4.78, 5) is 12.3. The molecule has 1 aromatic carbocycles. The molecule has 20 heavy (non-hydrogen) atoms. The van der Waals surface area contributed by atoms with Gasteiger partial charge in [-0.15, -0.1) is 0 Å². The second kappa shape index (κ2) is 6.73. The number of Topliss-reactive ketones (excluding diaryl/α,β-unsaturated/α-hetero) is 1. The van der Waals surface area contributed by atoms with Crippen molar-refractivity contribution in [1.29, 1.82) is 0 Å². The van der Waals surface area contributed by atoms with Crippen molar-refractivity contribution in [2.45, 2.75) is 52.2 Å². The first kappa shape index (κ1) is 15.5. The van der Waals surface area contributed by atoms with E-state index in [2.05, 4.69) is 13.8 Å². The fourth-order valence-electron chi connectivity index (χ4n) is 2.82. The Balaban J connectivity index is 1.93. The molecule has 110 valence electrons. The maximum atomic E-state index is 12.3. The number of ether oxygens (including phenoxy) is 1. The molecule has 1 saturated carbocycles. The quantitative estimate of drug-likeness (QED) is 0.749. The first-order chi connectivity index (χ1) is 9.47. The van der Waals surface area contributed by atoms with Crippen molar-refractivity contribution in [3.63, 3.8) is 0 Å². The Morgan fingerprint density at radius 2 is 1.85 bits per heavy atom. The SMILES string of the molecule is CC(OC1CCC(C)C(C)C1)C(=O)c1ccc(Cl)cc1. The summed E-state index contributed by atoms with van der Waals surface area (Å²) in [5, 5.41) is 0.644. The summed E-state index contributed by atoms with van der Waals surface area (Å²) in [5.41, 5.74) is 0.666. The van der Waals surface area contributed by atoms with E-state index in [0.29, 0.717) is 16.5 Å². The van der Waals surface area contributed by atoms with Gasteiger partial charge in [0.2, 0.25) is 0 Å². The van der Waals surface area contributed by atoms with E-state index < -0.39 is 0 Å². The number of benzene rings is 1. The molecule has 2 nitrogen and oxygen atoms in total. The largest absolute Gasteiger partial charge is 0.367 e. The summed E-state index contributed by atoms with van der Waals surface area (Å²) in [5.74, 6) is 1.47. The molecule has 1 aliphatic carbocycles. The van der Waals surface area contributed by atoms with Crippen LogP contribution in [-0.2, 0) is 4.74 Å². The molecule has 4 unspecified atom stereocenters. The predicted octanol–water partition coefficient (Wildman–Crippen LogP) is 4.75. The number of halogens is 1. The van der Waals surface area contributed by atoms with Crippen LogP contribution in [0.3, 0.4) is 0 Å². The van der Waals surface area contributed by atoms with E-state index in [0.717, 1.165) is 18.8 Å². The van der Waals surface area contributed by atoms with E-state index in [1.165, 1.54) is 6.42 Å². The summed E-state index contributed by atoms with van der Waals surface area (Å²) in [6.45, 7) is 6.41. The Hall–Kier alpha value is -0.860. The van der Waals surface area contributed by atoms with Gasteiger partial charge < -0.3 is 4.74 Å². The lowest BCUT2D eigenvalue weighted by atomic mass is 9.80. The Morgan fingerprint density at radius 1 is 1.20 bits per heavy atom. The van der Waals surface area contributed by atoms with E-state index >= 15 is 0 Å². The molecule has 0 spiro atoms. The monoisotopic (exact) mass is 294 g/mol. The standard InChI is InChI=1S/C17H23ClO2/c1-11-4-9-16(10-12(11)2)20-13(3)17(19)14-5-7-15(18)8-6-14/h5-8,11-13,16H,4,9-10H2,1-3H3. The minimum absolute atomic E-state index is 0.0351. The highest BCUT2D eigenvalue weighted by Gasteiger charge is 2.28.